The van der Waals surface area contributed by atoms with E-state index in [4.69, 9.17) is 5.11 Å². The number of nitro benzene ring substituents is 1. The molecule has 0 bridgehead atoms. The summed E-state index contributed by atoms with van der Waals surface area (Å²) in [5.74, 6) is -0.0556. The molecule has 21 heavy (non-hydrogen) atoms. The maximum atomic E-state index is 12.1. The van der Waals surface area contributed by atoms with Crippen LogP contribution in [0.15, 0.2) is 47.4 Å². The molecular weight excluding hydrogens is 296 g/mol. The van der Waals surface area contributed by atoms with Crippen LogP contribution in [0, 0.1) is 17.0 Å². The minimum Gasteiger partial charge on any atom is -0.508 e. The van der Waals surface area contributed by atoms with Crippen LogP contribution in [0.25, 0.3) is 0 Å². The topological polar surface area (TPSA) is 110 Å². The maximum Gasteiger partial charge on any atom is 0.274 e. The quantitative estimate of drug-likeness (QED) is 0.665. The Morgan fingerprint density at radius 1 is 1.14 bits per heavy atom. The number of phenolic OH excluding ortho intramolecular Hbond substituents is 1. The van der Waals surface area contributed by atoms with E-state index in [2.05, 4.69) is 4.72 Å². The van der Waals surface area contributed by atoms with Gasteiger partial charge >= 0.3 is 0 Å². The second-order valence-corrected chi connectivity index (χ2v) is 6.04. The first-order valence-electron chi connectivity index (χ1n) is 5.86. The van der Waals surface area contributed by atoms with E-state index in [0.717, 1.165) is 6.07 Å². The fourth-order valence-corrected chi connectivity index (χ4v) is 2.76. The van der Waals surface area contributed by atoms with Crippen LogP contribution in [-0.2, 0) is 10.0 Å². The van der Waals surface area contributed by atoms with Crippen molar-refractivity contribution in [2.75, 3.05) is 4.72 Å². The number of sulfonamides is 1. The number of phenols is 1. The van der Waals surface area contributed by atoms with E-state index in [1.807, 2.05) is 0 Å². The van der Waals surface area contributed by atoms with Crippen molar-refractivity contribution in [1.29, 1.82) is 0 Å². The molecule has 0 unspecified atom stereocenters. The van der Waals surface area contributed by atoms with Crippen LogP contribution in [0.1, 0.15) is 5.56 Å². The maximum absolute atomic E-state index is 12.1. The molecule has 0 amide bonds. The van der Waals surface area contributed by atoms with E-state index in [0.29, 0.717) is 5.56 Å². The second-order valence-electron chi connectivity index (χ2n) is 4.36. The van der Waals surface area contributed by atoms with Crippen molar-refractivity contribution in [3.8, 4) is 5.75 Å². The number of hydrogen-bond donors (Lipinski definition) is 2. The Balaban J connectivity index is 2.35. The molecule has 0 fully saturated rings. The Kier molecular flexibility index (Phi) is 3.81. The molecule has 0 aromatic heterocycles. The largest absolute Gasteiger partial charge is 0.508 e. The third-order valence-corrected chi connectivity index (χ3v) is 4.20. The van der Waals surface area contributed by atoms with Crippen molar-refractivity contribution in [1.82, 2.24) is 0 Å². The summed E-state index contributed by atoms with van der Waals surface area (Å²) in [7, 11) is -3.87. The number of nitrogens with one attached hydrogen (secondary N) is 1. The van der Waals surface area contributed by atoms with Crippen molar-refractivity contribution >= 4 is 21.4 Å². The van der Waals surface area contributed by atoms with Crippen LogP contribution >= 0.6 is 0 Å². The summed E-state index contributed by atoms with van der Waals surface area (Å²) in [4.78, 5) is 10.2. The standard InChI is InChI=1S/C13H12N2O5S/c1-9-2-3-10(8-13(9)15(17)18)14-21(19,20)12-6-4-11(16)5-7-12/h2-8,14,16H,1H3. The van der Waals surface area contributed by atoms with Gasteiger partial charge in [0, 0.05) is 11.6 Å². The number of nitro groups is 1. The molecule has 2 rings (SSSR count). The highest BCUT2D eigenvalue weighted by molar-refractivity contribution is 7.92. The van der Waals surface area contributed by atoms with Gasteiger partial charge in [0.1, 0.15) is 5.75 Å². The summed E-state index contributed by atoms with van der Waals surface area (Å²) in [5, 5.41) is 20.0. The third-order valence-electron chi connectivity index (χ3n) is 2.81. The summed E-state index contributed by atoms with van der Waals surface area (Å²) < 4.78 is 26.5. The van der Waals surface area contributed by atoms with Crippen molar-refractivity contribution in [3.63, 3.8) is 0 Å². The van der Waals surface area contributed by atoms with Crippen molar-refractivity contribution in [2.24, 2.45) is 0 Å². The molecule has 0 heterocycles. The van der Waals surface area contributed by atoms with Gasteiger partial charge in [-0.1, -0.05) is 6.07 Å². The van der Waals surface area contributed by atoms with Gasteiger partial charge in [0.25, 0.3) is 15.7 Å². The lowest BCUT2D eigenvalue weighted by Gasteiger charge is -2.08. The Labute approximate surface area is 121 Å². The SMILES string of the molecule is Cc1ccc(NS(=O)(=O)c2ccc(O)cc2)cc1[N+](=O)[O-]. The third kappa shape index (κ3) is 3.29. The van der Waals surface area contributed by atoms with Gasteiger partial charge in [-0.25, -0.2) is 8.42 Å². The molecule has 0 radical (unpaired) electrons. The van der Waals surface area contributed by atoms with Gasteiger partial charge in [-0.3, -0.25) is 14.8 Å². The number of nitrogens with zero attached hydrogens (tertiary/aromatic N) is 1. The van der Waals surface area contributed by atoms with Gasteiger partial charge in [0.15, 0.2) is 0 Å². The number of benzene rings is 2. The molecule has 0 atom stereocenters. The van der Waals surface area contributed by atoms with Crippen molar-refractivity contribution in [2.45, 2.75) is 11.8 Å². The first kappa shape index (κ1) is 14.8. The first-order valence-corrected chi connectivity index (χ1v) is 7.35. The van der Waals surface area contributed by atoms with Crippen LogP contribution in [0.3, 0.4) is 0 Å². The lowest BCUT2D eigenvalue weighted by molar-refractivity contribution is -0.385. The molecule has 2 aromatic rings. The molecule has 0 saturated heterocycles. The Morgan fingerprint density at radius 3 is 2.33 bits per heavy atom. The molecule has 0 aliphatic rings. The predicted octanol–water partition coefficient (Wildman–Crippen LogP) is 2.41. The van der Waals surface area contributed by atoms with Crippen LogP contribution in [0.2, 0.25) is 0 Å². The molecule has 2 N–H and O–H groups in total. The zero-order chi connectivity index (χ0) is 15.6. The van der Waals surface area contributed by atoms with E-state index in [-0.39, 0.29) is 22.0 Å². The average molecular weight is 308 g/mol. The van der Waals surface area contributed by atoms with Gasteiger partial charge in [0.2, 0.25) is 0 Å². The summed E-state index contributed by atoms with van der Waals surface area (Å²) in [6.07, 6.45) is 0. The van der Waals surface area contributed by atoms with E-state index >= 15 is 0 Å². The molecule has 8 heteroatoms. The Bertz CT molecular complexity index is 785. The van der Waals surface area contributed by atoms with Crippen LogP contribution < -0.4 is 4.72 Å². The zero-order valence-corrected chi connectivity index (χ0v) is 11.8. The molecule has 0 aliphatic carbocycles. The van der Waals surface area contributed by atoms with E-state index in [9.17, 15) is 18.5 Å². The van der Waals surface area contributed by atoms with E-state index < -0.39 is 14.9 Å². The number of rotatable bonds is 4. The molecule has 7 nitrogen and oxygen atoms in total. The fraction of sp³-hybridized carbons (Fsp3) is 0.0769. The van der Waals surface area contributed by atoms with Gasteiger partial charge in [-0.15, -0.1) is 0 Å². The highest BCUT2D eigenvalue weighted by Crippen LogP contribution is 2.24. The highest BCUT2D eigenvalue weighted by atomic mass is 32.2. The fourth-order valence-electron chi connectivity index (χ4n) is 1.71. The van der Waals surface area contributed by atoms with E-state index in [1.54, 1.807) is 6.92 Å². The minimum atomic E-state index is -3.87. The van der Waals surface area contributed by atoms with Crippen molar-refractivity contribution < 1.29 is 18.4 Å². The highest BCUT2D eigenvalue weighted by Gasteiger charge is 2.17. The minimum absolute atomic E-state index is 0.0523. The van der Waals surface area contributed by atoms with Crippen molar-refractivity contribution in [3.05, 3.63) is 58.1 Å². The summed E-state index contributed by atoms with van der Waals surface area (Å²) in [6.45, 7) is 1.57. The normalized spacial score (nSPS) is 11.1. The zero-order valence-electron chi connectivity index (χ0n) is 11.0. The smallest absolute Gasteiger partial charge is 0.274 e. The Morgan fingerprint density at radius 2 is 1.76 bits per heavy atom. The monoisotopic (exact) mass is 308 g/mol. The van der Waals surface area contributed by atoms with E-state index in [1.165, 1.54) is 36.4 Å². The van der Waals surface area contributed by atoms with Gasteiger partial charge < -0.3 is 5.11 Å². The average Bonchev–Trinajstić information content (AvgIpc) is 2.41. The van der Waals surface area contributed by atoms with Crippen LogP contribution in [0.4, 0.5) is 11.4 Å². The van der Waals surface area contributed by atoms with Gasteiger partial charge in [-0.2, -0.15) is 0 Å². The summed E-state index contributed by atoms with van der Waals surface area (Å²) in [6, 6.07) is 9.03. The summed E-state index contributed by atoms with van der Waals surface area (Å²) in [5.41, 5.74) is 0.369. The Hall–Kier alpha value is -2.61. The first-order chi connectivity index (χ1) is 9.79. The number of aryl methyl sites for hydroxylation is 1. The van der Waals surface area contributed by atoms with Crippen LogP contribution in [0.5, 0.6) is 5.75 Å². The molecule has 0 aliphatic heterocycles. The summed E-state index contributed by atoms with van der Waals surface area (Å²) >= 11 is 0. The molecule has 0 saturated carbocycles. The lowest BCUT2D eigenvalue weighted by atomic mass is 10.2. The molecule has 2 aromatic carbocycles. The lowest BCUT2D eigenvalue weighted by Crippen LogP contribution is -2.13. The number of anilines is 1. The van der Waals surface area contributed by atoms with Crippen LogP contribution in [-0.4, -0.2) is 18.4 Å². The molecule has 110 valence electrons. The molecular formula is C13H12N2O5S. The van der Waals surface area contributed by atoms with Gasteiger partial charge in [-0.05, 0) is 37.3 Å². The molecule has 0 spiro atoms. The number of hydrogen-bond acceptors (Lipinski definition) is 5. The van der Waals surface area contributed by atoms with Gasteiger partial charge in [0.05, 0.1) is 15.5 Å². The number of aromatic hydroxyl groups is 1. The predicted molar refractivity (Wildman–Crippen MR) is 76.7 cm³/mol. The second kappa shape index (κ2) is 5.41.